The molecule has 0 heterocycles. The molecule has 0 atom stereocenters. The van der Waals surface area contributed by atoms with Crippen molar-refractivity contribution in [3.63, 3.8) is 0 Å². The van der Waals surface area contributed by atoms with Gasteiger partial charge in [-0.2, -0.15) is 0 Å². The van der Waals surface area contributed by atoms with E-state index in [1.807, 2.05) is 0 Å². The van der Waals surface area contributed by atoms with Crippen LogP contribution in [-0.2, 0) is 9.47 Å². The van der Waals surface area contributed by atoms with Crippen molar-refractivity contribution in [1.82, 2.24) is 0 Å². The average Bonchev–Trinajstić information content (AvgIpc) is 2.27. The van der Waals surface area contributed by atoms with Crippen molar-refractivity contribution in [2.75, 3.05) is 20.5 Å². The molecule has 0 spiro atoms. The van der Waals surface area contributed by atoms with Gasteiger partial charge in [0.15, 0.2) is 6.79 Å². The maximum absolute atomic E-state index is 11.5. The van der Waals surface area contributed by atoms with E-state index in [9.17, 15) is 4.79 Å². The van der Waals surface area contributed by atoms with Gasteiger partial charge in [0.2, 0.25) is 0 Å². The highest BCUT2D eigenvalue weighted by Gasteiger charge is 2.12. The van der Waals surface area contributed by atoms with Crippen molar-refractivity contribution in [2.45, 2.75) is 6.92 Å². The quantitative estimate of drug-likeness (QED) is 0.549. The highest BCUT2D eigenvalue weighted by molar-refractivity contribution is 5.92. The minimum Gasteiger partial charge on any atom is -0.467 e. The number of para-hydroxylation sites is 1. The van der Waals surface area contributed by atoms with Crippen LogP contribution in [0.3, 0.4) is 0 Å². The largest absolute Gasteiger partial charge is 0.467 e. The van der Waals surface area contributed by atoms with Crippen molar-refractivity contribution in [3.05, 3.63) is 29.8 Å². The molecule has 0 aromatic heterocycles. The summed E-state index contributed by atoms with van der Waals surface area (Å²) < 4.78 is 14.9. The molecule has 1 aromatic carbocycles. The third-order valence-corrected chi connectivity index (χ3v) is 1.71. The van der Waals surface area contributed by atoms with E-state index in [2.05, 4.69) is 0 Å². The van der Waals surface area contributed by atoms with Gasteiger partial charge in [0, 0.05) is 7.11 Å². The Balaban J connectivity index is 2.80. The number of hydrogen-bond donors (Lipinski definition) is 0. The minimum atomic E-state index is -0.385. The smallest absolute Gasteiger partial charge is 0.341 e. The SMILES string of the molecule is CCOC(=O)c1ccccc1OCOC. The molecule has 0 bridgehead atoms. The number of hydrogen-bond acceptors (Lipinski definition) is 4. The van der Waals surface area contributed by atoms with E-state index >= 15 is 0 Å². The summed E-state index contributed by atoms with van der Waals surface area (Å²) >= 11 is 0. The Kier molecular flexibility index (Phi) is 4.63. The molecule has 4 heteroatoms. The number of ether oxygens (including phenoxy) is 3. The lowest BCUT2D eigenvalue weighted by molar-refractivity contribution is 0.0438. The molecule has 0 aliphatic carbocycles. The molecule has 0 aliphatic heterocycles. The molecule has 0 saturated carbocycles. The van der Waals surface area contributed by atoms with Crippen LogP contribution in [-0.4, -0.2) is 26.5 Å². The first-order valence-electron chi connectivity index (χ1n) is 4.67. The molecule has 1 rings (SSSR count). The summed E-state index contributed by atoms with van der Waals surface area (Å²) in [4.78, 5) is 11.5. The standard InChI is InChI=1S/C11H14O4/c1-3-14-11(12)9-6-4-5-7-10(9)15-8-13-2/h4-7H,3,8H2,1-2H3. The van der Waals surface area contributed by atoms with Crippen molar-refractivity contribution in [3.8, 4) is 5.75 Å². The average molecular weight is 210 g/mol. The topological polar surface area (TPSA) is 44.8 Å². The van der Waals surface area contributed by atoms with E-state index in [0.29, 0.717) is 17.9 Å². The first-order chi connectivity index (χ1) is 7.29. The summed E-state index contributed by atoms with van der Waals surface area (Å²) in [5, 5.41) is 0. The van der Waals surface area contributed by atoms with Crippen LogP contribution in [0.4, 0.5) is 0 Å². The van der Waals surface area contributed by atoms with Gasteiger partial charge >= 0.3 is 5.97 Å². The molecule has 0 radical (unpaired) electrons. The van der Waals surface area contributed by atoms with Gasteiger partial charge in [-0.1, -0.05) is 12.1 Å². The van der Waals surface area contributed by atoms with E-state index in [-0.39, 0.29) is 12.8 Å². The second kappa shape index (κ2) is 6.03. The van der Waals surface area contributed by atoms with E-state index in [0.717, 1.165) is 0 Å². The molecular weight excluding hydrogens is 196 g/mol. The summed E-state index contributed by atoms with van der Waals surface area (Å²) in [5.41, 5.74) is 0.413. The lowest BCUT2D eigenvalue weighted by Gasteiger charge is -2.09. The van der Waals surface area contributed by atoms with Gasteiger partial charge in [-0.05, 0) is 19.1 Å². The minimum absolute atomic E-state index is 0.108. The van der Waals surface area contributed by atoms with Crippen LogP contribution < -0.4 is 4.74 Å². The normalized spacial score (nSPS) is 9.73. The lowest BCUT2D eigenvalue weighted by Crippen LogP contribution is -2.08. The van der Waals surface area contributed by atoms with Crippen LogP contribution in [0.2, 0.25) is 0 Å². The first kappa shape index (κ1) is 11.5. The molecule has 82 valence electrons. The number of esters is 1. The summed E-state index contributed by atoms with van der Waals surface area (Å²) in [6.45, 7) is 2.21. The van der Waals surface area contributed by atoms with Gasteiger partial charge < -0.3 is 14.2 Å². The van der Waals surface area contributed by atoms with Crippen LogP contribution in [0.25, 0.3) is 0 Å². The molecule has 0 N–H and O–H groups in total. The predicted octanol–water partition coefficient (Wildman–Crippen LogP) is 1.85. The molecule has 0 unspecified atom stereocenters. The third-order valence-electron chi connectivity index (χ3n) is 1.71. The highest BCUT2D eigenvalue weighted by atomic mass is 16.7. The van der Waals surface area contributed by atoms with E-state index in [1.165, 1.54) is 7.11 Å². The summed E-state index contributed by atoms with van der Waals surface area (Å²) in [6, 6.07) is 6.90. The van der Waals surface area contributed by atoms with Gasteiger partial charge in [0.25, 0.3) is 0 Å². The van der Waals surface area contributed by atoms with Gasteiger partial charge in [-0.3, -0.25) is 0 Å². The van der Waals surface area contributed by atoms with Crippen molar-refractivity contribution < 1.29 is 19.0 Å². The second-order valence-corrected chi connectivity index (χ2v) is 2.77. The molecule has 4 nitrogen and oxygen atoms in total. The Hall–Kier alpha value is -1.55. The number of benzene rings is 1. The molecule has 1 aromatic rings. The number of rotatable bonds is 5. The van der Waals surface area contributed by atoms with Gasteiger partial charge in [-0.25, -0.2) is 4.79 Å². The second-order valence-electron chi connectivity index (χ2n) is 2.77. The van der Waals surface area contributed by atoms with E-state index in [1.54, 1.807) is 31.2 Å². The zero-order valence-electron chi connectivity index (χ0n) is 8.86. The fourth-order valence-electron chi connectivity index (χ4n) is 1.09. The monoisotopic (exact) mass is 210 g/mol. The number of carbonyl (C=O) groups is 1. The Bertz CT molecular complexity index is 322. The zero-order chi connectivity index (χ0) is 11.1. The van der Waals surface area contributed by atoms with Crippen molar-refractivity contribution >= 4 is 5.97 Å². The third kappa shape index (κ3) is 3.25. The molecule has 0 aliphatic rings. The number of methoxy groups -OCH3 is 1. The molecule has 0 fully saturated rings. The van der Waals surface area contributed by atoms with Gasteiger partial charge in [-0.15, -0.1) is 0 Å². The lowest BCUT2D eigenvalue weighted by atomic mass is 10.2. The Labute approximate surface area is 88.8 Å². The van der Waals surface area contributed by atoms with Crippen LogP contribution in [0.15, 0.2) is 24.3 Å². The van der Waals surface area contributed by atoms with Gasteiger partial charge in [0.1, 0.15) is 11.3 Å². The highest BCUT2D eigenvalue weighted by Crippen LogP contribution is 2.18. The maximum Gasteiger partial charge on any atom is 0.341 e. The van der Waals surface area contributed by atoms with Gasteiger partial charge in [0.05, 0.1) is 6.61 Å². The fraction of sp³-hybridized carbons (Fsp3) is 0.364. The van der Waals surface area contributed by atoms with E-state index in [4.69, 9.17) is 14.2 Å². The van der Waals surface area contributed by atoms with Crippen LogP contribution in [0, 0.1) is 0 Å². The van der Waals surface area contributed by atoms with Crippen LogP contribution in [0.5, 0.6) is 5.75 Å². The zero-order valence-corrected chi connectivity index (χ0v) is 8.86. The summed E-state index contributed by atoms with van der Waals surface area (Å²) in [6.07, 6.45) is 0. The maximum atomic E-state index is 11.5. The van der Waals surface area contributed by atoms with Crippen molar-refractivity contribution in [2.24, 2.45) is 0 Å². The summed E-state index contributed by atoms with van der Waals surface area (Å²) in [5.74, 6) is 0.0852. The molecular formula is C11H14O4. The predicted molar refractivity (Wildman–Crippen MR) is 54.9 cm³/mol. The number of carbonyl (C=O) groups excluding carboxylic acids is 1. The van der Waals surface area contributed by atoms with Crippen LogP contribution >= 0.6 is 0 Å². The summed E-state index contributed by atoms with van der Waals surface area (Å²) in [7, 11) is 1.52. The molecule has 0 saturated heterocycles. The molecule has 15 heavy (non-hydrogen) atoms. The molecule has 0 amide bonds. The van der Waals surface area contributed by atoms with Crippen molar-refractivity contribution in [1.29, 1.82) is 0 Å². The first-order valence-corrected chi connectivity index (χ1v) is 4.67. The Morgan fingerprint density at radius 1 is 1.33 bits per heavy atom. The Morgan fingerprint density at radius 2 is 2.07 bits per heavy atom. The van der Waals surface area contributed by atoms with Crippen LogP contribution in [0.1, 0.15) is 17.3 Å². The fourth-order valence-corrected chi connectivity index (χ4v) is 1.09. The Morgan fingerprint density at radius 3 is 2.73 bits per heavy atom. The van der Waals surface area contributed by atoms with E-state index < -0.39 is 0 Å².